The minimum Gasteiger partial charge on any atom is -0.463 e. The lowest BCUT2D eigenvalue weighted by molar-refractivity contribution is -0.384. The summed E-state index contributed by atoms with van der Waals surface area (Å²) < 4.78 is 22.9. The summed E-state index contributed by atoms with van der Waals surface area (Å²) in [6.45, 7) is 4.95. The van der Waals surface area contributed by atoms with E-state index in [-0.39, 0.29) is 18.2 Å². The lowest BCUT2D eigenvalue weighted by Gasteiger charge is -2.49. The molecular weight excluding hydrogens is 360 g/mol. The van der Waals surface area contributed by atoms with E-state index < -0.39 is 41.4 Å². The third-order valence-electron chi connectivity index (χ3n) is 4.36. The first-order valence-electron chi connectivity index (χ1n) is 8.50. The number of nitrogens with one attached hydrogen (secondary N) is 1. The molecule has 2 saturated heterocycles. The number of nitrogens with zero attached hydrogens (tertiary/aromatic N) is 1. The molecule has 3 rings (SSSR count). The van der Waals surface area contributed by atoms with E-state index in [0.29, 0.717) is 5.75 Å². The molecule has 1 aromatic carbocycles. The fourth-order valence-electron chi connectivity index (χ4n) is 3.11. The van der Waals surface area contributed by atoms with Crippen LogP contribution in [0.1, 0.15) is 20.8 Å². The molecule has 0 radical (unpaired) electrons. The Hall–Kier alpha value is -2.27. The van der Waals surface area contributed by atoms with Gasteiger partial charge in [-0.1, -0.05) is 0 Å². The number of hydrogen-bond acceptors (Lipinski definition) is 8. The summed E-state index contributed by atoms with van der Waals surface area (Å²) >= 11 is 0. The summed E-state index contributed by atoms with van der Waals surface area (Å²) in [4.78, 5) is 21.8. The molecule has 2 N–H and O–H groups in total. The highest BCUT2D eigenvalue weighted by Crippen LogP contribution is 2.33. The fraction of sp³-hybridized carbons (Fsp3) is 0.588. The number of hydrogen-bond donors (Lipinski definition) is 2. The molecule has 0 unspecified atom stereocenters. The number of aliphatic hydroxyl groups excluding tert-OH is 1. The van der Waals surface area contributed by atoms with E-state index in [2.05, 4.69) is 5.32 Å². The maximum atomic E-state index is 11.6. The minimum absolute atomic E-state index is 0.0817. The van der Waals surface area contributed by atoms with Crippen molar-refractivity contribution < 1.29 is 33.8 Å². The quantitative estimate of drug-likeness (QED) is 0.575. The maximum absolute atomic E-state index is 11.6. The van der Waals surface area contributed by atoms with E-state index in [1.165, 1.54) is 31.2 Å². The van der Waals surface area contributed by atoms with Crippen molar-refractivity contribution in [3.8, 4) is 5.75 Å². The number of carbonyl (C=O) groups is 1. The Morgan fingerprint density at radius 1 is 1.37 bits per heavy atom. The summed E-state index contributed by atoms with van der Waals surface area (Å²) in [5.41, 5.74) is -0.0817. The zero-order valence-corrected chi connectivity index (χ0v) is 15.2. The lowest BCUT2D eigenvalue weighted by atomic mass is 9.95. The number of nitro benzene ring substituents is 1. The normalized spacial score (nSPS) is 32.2. The van der Waals surface area contributed by atoms with Gasteiger partial charge in [0, 0.05) is 19.1 Å². The molecule has 0 bridgehead atoms. The Morgan fingerprint density at radius 2 is 2.04 bits per heavy atom. The number of amides is 1. The monoisotopic (exact) mass is 382 g/mol. The molecule has 2 heterocycles. The Balaban J connectivity index is 1.79. The summed E-state index contributed by atoms with van der Waals surface area (Å²) in [5, 5.41) is 24.2. The first kappa shape index (κ1) is 19.5. The largest absolute Gasteiger partial charge is 0.463 e. The van der Waals surface area contributed by atoms with Crippen molar-refractivity contribution in [2.45, 2.75) is 57.2 Å². The molecule has 0 aliphatic carbocycles. The average Bonchev–Trinajstić information content (AvgIpc) is 2.59. The smallest absolute Gasteiger partial charge is 0.269 e. The zero-order valence-electron chi connectivity index (χ0n) is 15.2. The zero-order chi connectivity index (χ0) is 19.8. The number of non-ortho nitro benzene ring substituents is 1. The van der Waals surface area contributed by atoms with E-state index >= 15 is 0 Å². The van der Waals surface area contributed by atoms with Crippen LogP contribution >= 0.6 is 0 Å². The third-order valence-corrected chi connectivity index (χ3v) is 4.36. The van der Waals surface area contributed by atoms with Gasteiger partial charge in [0.2, 0.25) is 12.2 Å². The van der Waals surface area contributed by atoms with Gasteiger partial charge >= 0.3 is 0 Å². The molecule has 148 valence electrons. The molecular formula is C17H22N2O8. The lowest BCUT2D eigenvalue weighted by Crippen LogP contribution is -2.69. The topological polar surface area (TPSA) is 129 Å². The van der Waals surface area contributed by atoms with Gasteiger partial charge < -0.3 is 29.4 Å². The molecule has 0 aromatic heterocycles. The SMILES string of the molecule is CC(=O)N[C@H]1[C@@H](Oc2ccc([N+](=O)[O-])cc2)O[C@H]2COC(C)(C)O[C@H]2[C@@H]1O. The van der Waals surface area contributed by atoms with E-state index in [9.17, 15) is 20.0 Å². The Kier molecular flexibility index (Phi) is 5.33. The number of rotatable bonds is 4. The van der Waals surface area contributed by atoms with E-state index in [1.54, 1.807) is 13.8 Å². The number of nitro groups is 1. The van der Waals surface area contributed by atoms with E-state index in [0.717, 1.165) is 0 Å². The van der Waals surface area contributed by atoms with Crippen LogP contribution in [-0.2, 0) is 19.0 Å². The van der Waals surface area contributed by atoms with Crippen molar-refractivity contribution in [1.82, 2.24) is 5.32 Å². The second-order valence-corrected chi connectivity index (χ2v) is 6.92. The Bertz CT molecular complexity index is 707. The molecule has 2 aliphatic heterocycles. The Labute approximate surface area is 155 Å². The fourth-order valence-corrected chi connectivity index (χ4v) is 3.11. The van der Waals surface area contributed by atoms with Crippen LogP contribution < -0.4 is 10.1 Å². The highest BCUT2D eigenvalue weighted by molar-refractivity contribution is 5.73. The molecule has 10 nitrogen and oxygen atoms in total. The highest BCUT2D eigenvalue weighted by Gasteiger charge is 2.52. The average molecular weight is 382 g/mol. The molecule has 2 fully saturated rings. The molecule has 1 amide bonds. The number of carbonyl (C=O) groups excluding carboxylic acids is 1. The molecule has 0 spiro atoms. The second kappa shape index (κ2) is 7.39. The van der Waals surface area contributed by atoms with Gasteiger partial charge in [-0.3, -0.25) is 14.9 Å². The van der Waals surface area contributed by atoms with Crippen molar-refractivity contribution in [1.29, 1.82) is 0 Å². The van der Waals surface area contributed by atoms with Gasteiger partial charge in [0.25, 0.3) is 5.69 Å². The minimum atomic E-state index is -1.10. The predicted molar refractivity (Wildman–Crippen MR) is 90.9 cm³/mol. The van der Waals surface area contributed by atoms with Gasteiger partial charge in [-0.05, 0) is 26.0 Å². The van der Waals surface area contributed by atoms with Crippen molar-refractivity contribution in [2.24, 2.45) is 0 Å². The van der Waals surface area contributed by atoms with Crippen LogP contribution in [0.4, 0.5) is 5.69 Å². The van der Waals surface area contributed by atoms with Crippen molar-refractivity contribution in [3.05, 3.63) is 34.4 Å². The van der Waals surface area contributed by atoms with Crippen molar-refractivity contribution in [2.75, 3.05) is 6.61 Å². The van der Waals surface area contributed by atoms with Crippen molar-refractivity contribution in [3.63, 3.8) is 0 Å². The van der Waals surface area contributed by atoms with Crippen LogP contribution in [0.2, 0.25) is 0 Å². The Morgan fingerprint density at radius 3 is 2.63 bits per heavy atom. The number of ether oxygens (including phenoxy) is 4. The van der Waals surface area contributed by atoms with Gasteiger partial charge in [0.15, 0.2) is 5.79 Å². The third kappa shape index (κ3) is 4.35. The van der Waals surface area contributed by atoms with Gasteiger partial charge in [0.1, 0.15) is 30.1 Å². The van der Waals surface area contributed by atoms with Gasteiger partial charge in [-0.2, -0.15) is 0 Å². The van der Waals surface area contributed by atoms with Crippen LogP contribution in [0, 0.1) is 10.1 Å². The highest BCUT2D eigenvalue weighted by atomic mass is 16.8. The van der Waals surface area contributed by atoms with E-state index in [1.807, 2.05) is 0 Å². The van der Waals surface area contributed by atoms with E-state index in [4.69, 9.17) is 18.9 Å². The van der Waals surface area contributed by atoms with Crippen LogP contribution in [-0.4, -0.2) is 59.0 Å². The summed E-state index contributed by atoms with van der Waals surface area (Å²) in [7, 11) is 0. The van der Waals surface area contributed by atoms with Crippen LogP contribution in [0.15, 0.2) is 24.3 Å². The first-order chi connectivity index (χ1) is 12.7. The summed E-state index contributed by atoms with van der Waals surface area (Å²) in [6, 6.07) is 4.52. The summed E-state index contributed by atoms with van der Waals surface area (Å²) in [5.74, 6) is -0.965. The number of fused-ring (bicyclic) bond motifs is 1. The molecule has 2 aliphatic rings. The molecule has 27 heavy (non-hydrogen) atoms. The van der Waals surface area contributed by atoms with Gasteiger partial charge in [-0.15, -0.1) is 0 Å². The molecule has 1 aromatic rings. The standard InChI is InChI=1S/C17H22N2O8/c1-9(20)18-13-14(21)15-12(8-24-17(2,3)27-15)26-16(13)25-11-6-4-10(5-7-11)19(22)23/h4-7,12-16,21H,8H2,1-3H3,(H,18,20)/t12-,13+,14+,15+,16-/m0/s1. The van der Waals surface area contributed by atoms with Crippen LogP contribution in [0.3, 0.4) is 0 Å². The second-order valence-electron chi connectivity index (χ2n) is 6.92. The molecule has 10 heteroatoms. The first-order valence-corrected chi connectivity index (χ1v) is 8.50. The van der Waals surface area contributed by atoms with Crippen LogP contribution in [0.25, 0.3) is 0 Å². The van der Waals surface area contributed by atoms with Crippen molar-refractivity contribution >= 4 is 11.6 Å². The molecule has 0 saturated carbocycles. The molecule has 5 atom stereocenters. The summed E-state index contributed by atoms with van der Waals surface area (Å²) in [6.07, 6.45) is -3.43. The van der Waals surface area contributed by atoms with Crippen LogP contribution in [0.5, 0.6) is 5.75 Å². The maximum Gasteiger partial charge on any atom is 0.269 e. The van der Waals surface area contributed by atoms with Gasteiger partial charge in [0.05, 0.1) is 11.5 Å². The predicted octanol–water partition coefficient (Wildman–Crippen LogP) is 0.716. The number of benzene rings is 1. The van der Waals surface area contributed by atoms with Gasteiger partial charge in [-0.25, -0.2) is 0 Å². The number of aliphatic hydroxyl groups is 1.